The lowest BCUT2D eigenvalue weighted by Gasteiger charge is -2.23. The monoisotopic (exact) mass is 360 g/mol. The van der Waals surface area contributed by atoms with Crippen LogP contribution in [0.4, 0.5) is 0 Å². The van der Waals surface area contributed by atoms with Crippen molar-refractivity contribution in [2.75, 3.05) is 13.7 Å². The maximum atomic E-state index is 5.40. The predicted molar refractivity (Wildman–Crippen MR) is 74.7 cm³/mol. The Kier molecular flexibility index (Phi) is 4.59. The van der Waals surface area contributed by atoms with Crippen LogP contribution in [-0.2, 0) is 4.74 Å². The van der Waals surface area contributed by atoms with Gasteiger partial charge in [0.25, 0.3) is 0 Å². The lowest BCUT2D eigenvalue weighted by molar-refractivity contribution is 0.219. The van der Waals surface area contributed by atoms with Gasteiger partial charge in [-0.2, -0.15) is 0 Å². The van der Waals surface area contributed by atoms with Gasteiger partial charge in [0, 0.05) is 15.1 Å². The summed E-state index contributed by atoms with van der Waals surface area (Å²) in [7, 11) is 1.94. The van der Waals surface area contributed by atoms with E-state index in [9.17, 15) is 0 Å². The summed E-state index contributed by atoms with van der Waals surface area (Å²) in [6.45, 7) is 0.814. The molecule has 0 spiro atoms. The Balaban J connectivity index is 2.31. The maximum absolute atomic E-state index is 5.40. The highest BCUT2D eigenvalue weighted by Crippen LogP contribution is 2.31. The van der Waals surface area contributed by atoms with Crippen molar-refractivity contribution in [3.05, 3.63) is 38.7 Å². The zero-order chi connectivity index (χ0) is 12.3. The van der Waals surface area contributed by atoms with E-state index in [0.29, 0.717) is 0 Å². The smallest absolute Gasteiger partial charge is 0.0876 e. The molecule has 0 aromatic carbocycles. The van der Waals surface area contributed by atoms with Crippen LogP contribution in [-0.4, -0.2) is 18.6 Å². The number of ether oxygens (including phenoxy) is 1. The Morgan fingerprint density at radius 2 is 2.29 bits per heavy atom. The van der Waals surface area contributed by atoms with Gasteiger partial charge >= 0.3 is 0 Å². The van der Waals surface area contributed by atoms with Crippen LogP contribution in [0.3, 0.4) is 0 Å². The summed E-state index contributed by atoms with van der Waals surface area (Å²) in [5.41, 5.74) is 2.24. The SMILES string of the molecule is CNC(C1=COCCC1)c1ncc(Br)cc1Br. The predicted octanol–water partition coefficient (Wildman–Crippen LogP) is 3.56. The number of hydrogen-bond acceptors (Lipinski definition) is 3. The Hall–Kier alpha value is -0.390. The van der Waals surface area contributed by atoms with Crippen LogP contribution in [0.5, 0.6) is 0 Å². The number of aromatic nitrogens is 1. The standard InChI is InChI=1S/C12H14Br2N2O/c1-15-11(8-3-2-4-17-7-8)12-10(14)5-9(13)6-16-12/h5-7,11,15H,2-4H2,1H3. The first-order valence-corrected chi connectivity index (χ1v) is 7.09. The first-order valence-electron chi connectivity index (χ1n) is 5.51. The molecule has 1 aliphatic rings. The van der Waals surface area contributed by atoms with E-state index in [0.717, 1.165) is 34.1 Å². The van der Waals surface area contributed by atoms with Crippen molar-refractivity contribution in [3.8, 4) is 0 Å². The van der Waals surface area contributed by atoms with Crippen molar-refractivity contribution < 1.29 is 4.74 Å². The average molecular weight is 362 g/mol. The largest absolute Gasteiger partial charge is 0.501 e. The lowest BCUT2D eigenvalue weighted by Crippen LogP contribution is -2.22. The maximum Gasteiger partial charge on any atom is 0.0876 e. The molecule has 3 nitrogen and oxygen atoms in total. The molecule has 1 aromatic heterocycles. The highest BCUT2D eigenvalue weighted by molar-refractivity contribution is 9.11. The van der Waals surface area contributed by atoms with E-state index in [2.05, 4.69) is 42.2 Å². The van der Waals surface area contributed by atoms with Crippen LogP contribution in [0.15, 0.2) is 33.0 Å². The third-order valence-corrected chi connectivity index (χ3v) is 3.80. The summed E-state index contributed by atoms with van der Waals surface area (Å²) in [6, 6.07) is 2.12. The molecule has 92 valence electrons. The number of likely N-dealkylation sites (N-methyl/N-ethyl adjacent to an activating group) is 1. The van der Waals surface area contributed by atoms with E-state index >= 15 is 0 Å². The van der Waals surface area contributed by atoms with Crippen LogP contribution in [0.2, 0.25) is 0 Å². The molecule has 0 saturated carbocycles. The van der Waals surface area contributed by atoms with Crippen LogP contribution in [0.25, 0.3) is 0 Å². The molecule has 1 N–H and O–H groups in total. The van der Waals surface area contributed by atoms with Crippen LogP contribution in [0.1, 0.15) is 24.6 Å². The highest BCUT2D eigenvalue weighted by atomic mass is 79.9. The molecule has 2 heterocycles. The van der Waals surface area contributed by atoms with Gasteiger partial charge in [0.1, 0.15) is 0 Å². The Bertz CT molecular complexity index is 435. The van der Waals surface area contributed by atoms with E-state index in [1.54, 1.807) is 0 Å². The second-order valence-electron chi connectivity index (χ2n) is 3.91. The summed E-state index contributed by atoms with van der Waals surface area (Å²) in [4.78, 5) is 4.47. The van der Waals surface area contributed by atoms with Gasteiger partial charge in [-0.25, -0.2) is 0 Å². The van der Waals surface area contributed by atoms with E-state index in [1.165, 1.54) is 5.57 Å². The van der Waals surface area contributed by atoms with Crippen molar-refractivity contribution >= 4 is 31.9 Å². The minimum Gasteiger partial charge on any atom is -0.501 e. The summed E-state index contributed by atoms with van der Waals surface area (Å²) in [5, 5.41) is 3.29. The van der Waals surface area contributed by atoms with Crippen molar-refractivity contribution in [2.45, 2.75) is 18.9 Å². The third kappa shape index (κ3) is 3.09. The molecule has 2 rings (SSSR count). The van der Waals surface area contributed by atoms with Gasteiger partial charge in [0.05, 0.1) is 24.6 Å². The van der Waals surface area contributed by atoms with Gasteiger partial charge in [-0.1, -0.05) is 0 Å². The third-order valence-electron chi connectivity index (χ3n) is 2.73. The first kappa shape index (κ1) is 13.1. The molecule has 1 unspecified atom stereocenters. The van der Waals surface area contributed by atoms with E-state index in [4.69, 9.17) is 4.74 Å². The summed E-state index contributed by atoms with van der Waals surface area (Å²) in [5.74, 6) is 0. The summed E-state index contributed by atoms with van der Waals surface area (Å²) in [6.07, 6.45) is 5.79. The molecule has 0 saturated heterocycles. The first-order chi connectivity index (χ1) is 8.22. The van der Waals surface area contributed by atoms with Crippen LogP contribution in [0, 0.1) is 0 Å². The quantitative estimate of drug-likeness (QED) is 0.893. The number of pyridine rings is 1. The van der Waals surface area contributed by atoms with Crippen molar-refractivity contribution in [2.24, 2.45) is 0 Å². The number of rotatable bonds is 3. The lowest BCUT2D eigenvalue weighted by atomic mass is 9.99. The van der Waals surface area contributed by atoms with Gasteiger partial charge in [-0.3, -0.25) is 4.98 Å². The normalized spacial score (nSPS) is 17.2. The topological polar surface area (TPSA) is 34.1 Å². The summed E-state index contributed by atoms with van der Waals surface area (Å²) >= 11 is 6.97. The Morgan fingerprint density at radius 3 is 2.88 bits per heavy atom. The number of nitrogens with zero attached hydrogens (tertiary/aromatic N) is 1. The van der Waals surface area contributed by atoms with Crippen LogP contribution < -0.4 is 5.32 Å². The van der Waals surface area contributed by atoms with Crippen molar-refractivity contribution in [1.82, 2.24) is 10.3 Å². The van der Waals surface area contributed by atoms with Gasteiger partial charge in [-0.05, 0) is 63.4 Å². The molecule has 0 radical (unpaired) electrons. The molecule has 0 bridgehead atoms. The van der Waals surface area contributed by atoms with Gasteiger partial charge in [0.2, 0.25) is 0 Å². The summed E-state index contributed by atoms with van der Waals surface area (Å²) < 4.78 is 7.36. The fourth-order valence-electron chi connectivity index (χ4n) is 1.93. The minimum atomic E-state index is 0.109. The second-order valence-corrected chi connectivity index (χ2v) is 5.68. The molecule has 17 heavy (non-hydrogen) atoms. The van der Waals surface area contributed by atoms with Crippen molar-refractivity contribution in [1.29, 1.82) is 0 Å². The van der Waals surface area contributed by atoms with E-state index in [1.807, 2.05) is 25.6 Å². The number of halogens is 2. The highest BCUT2D eigenvalue weighted by Gasteiger charge is 2.20. The van der Waals surface area contributed by atoms with Gasteiger partial charge in [-0.15, -0.1) is 0 Å². The molecule has 0 amide bonds. The molecule has 1 atom stereocenters. The molecule has 0 fully saturated rings. The number of nitrogens with one attached hydrogen (secondary N) is 1. The molecular formula is C12H14Br2N2O. The minimum absolute atomic E-state index is 0.109. The fourth-order valence-corrected chi connectivity index (χ4v) is 3.15. The number of hydrogen-bond donors (Lipinski definition) is 1. The van der Waals surface area contributed by atoms with E-state index in [-0.39, 0.29) is 6.04 Å². The zero-order valence-electron chi connectivity index (χ0n) is 9.54. The average Bonchev–Trinajstić information content (AvgIpc) is 2.34. The van der Waals surface area contributed by atoms with Gasteiger partial charge in [0.15, 0.2) is 0 Å². The Morgan fingerprint density at radius 1 is 1.47 bits per heavy atom. The molecule has 5 heteroatoms. The molecule has 1 aromatic rings. The zero-order valence-corrected chi connectivity index (χ0v) is 12.7. The van der Waals surface area contributed by atoms with Crippen molar-refractivity contribution in [3.63, 3.8) is 0 Å². The fraction of sp³-hybridized carbons (Fsp3) is 0.417. The van der Waals surface area contributed by atoms with Gasteiger partial charge < -0.3 is 10.1 Å². The molecule has 1 aliphatic heterocycles. The van der Waals surface area contributed by atoms with Crippen LogP contribution >= 0.6 is 31.9 Å². The molecular weight excluding hydrogens is 348 g/mol. The van der Waals surface area contributed by atoms with E-state index < -0.39 is 0 Å². The second kappa shape index (κ2) is 5.98. The molecule has 0 aliphatic carbocycles. The Labute approximate surface area is 118 Å².